The Morgan fingerprint density at radius 3 is 0.926 bits per heavy atom. The number of rotatable bonds is 21. The van der Waals surface area contributed by atoms with Crippen LogP contribution in [0.25, 0.3) is 137 Å². The quantitative estimate of drug-likeness (QED) is 0.0329. The summed E-state index contributed by atoms with van der Waals surface area (Å²) in [6, 6.07) is 50.9. The number of methoxy groups -OCH3 is 1. The van der Waals surface area contributed by atoms with E-state index in [1.807, 2.05) is 0 Å². The molecule has 0 aliphatic rings. The number of aromatic nitrogens is 19. The predicted octanol–water partition coefficient (Wildman–Crippen LogP) is 9.90. The van der Waals surface area contributed by atoms with Crippen LogP contribution >= 0.6 is 23.2 Å². The number of halogens is 3. The average molecular weight is 1990 g/mol. The number of primary sulfonamides is 6. The van der Waals surface area contributed by atoms with E-state index in [-0.39, 0.29) is 69.0 Å². The van der Waals surface area contributed by atoms with Crippen LogP contribution in [0.1, 0.15) is 19.6 Å². The van der Waals surface area contributed by atoms with Gasteiger partial charge >= 0.3 is 0 Å². The molecule has 0 amide bonds. The summed E-state index contributed by atoms with van der Waals surface area (Å²) in [7, 11) is -20.9. The molecular weight excluding hydrogens is 1930 g/mol. The maximum absolute atomic E-state index is 13.1. The SMILES string of the molecule is CC(C)Cc1cc(-c2nc(-c3ccc(S(N)(=O)=O)cc3)no2)no1.COc1cc(-c2nc(-c3ccc(S(N)(=O)=O)cc3)no2)ccn1.NS(=O)(=O)c1ccc(-c2noc(-c3cc(Cl)nc(Cl)c3)n2)cc1.NS(=O)(=O)c1ccc(-c2noc(-c3ccnc(F)c3)n2)cc1.NS(=O)(=O)c1ccc(-c2noc(-c3ccnnc3)n2)cc1.Nc1cc(-c2nc(-c3ccc(S(N)(=O)=O)cc3)no2)ccn1. The maximum atomic E-state index is 13.1. The van der Waals surface area contributed by atoms with Crippen LogP contribution in [-0.4, -0.2) is 154 Å². The molecule has 18 aromatic rings. The lowest BCUT2D eigenvalue weighted by Crippen LogP contribution is -2.11. The van der Waals surface area contributed by atoms with Crippen molar-refractivity contribution < 1.29 is 91.3 Å². The van der Waals surface area contributed by atoms with E-state index in [9.17, 15) is 54.9 Å². The Morgan fingerprint density at radius 1 is 0.319 bits per heavy atom. The van der Waals surface area contributed by atoms with Crippen LogP contribution in [0.5, 0.6) is 5.88 Å². The molecule has 135 heavy (non-hydrogen) atoms. The summed E-state index contributed by atoms with van der Waals surface area (Å²) in [5.41, 5.74) is 12.5. The Morgan fingerprint density at radius 2 is 0.615 bits per heavy atom. The van der Waals surface area contributed by atoms with Crippen LogP contribution in [0.15, 0.2) is 298 Å². The highest BCUT2D eigenvalue weighted by atomic mass is 35.5. The molecule has 12 aromatic heterocycles. The van der Waals surface area contributed by atoms with Gasteiger partial charge in [0.15, 0.2) is 5.69 Å². The van der Waals surface area contributed by atoms with Gasteiger partial charge in [-0.2, -0.15) is 44.5 Å². The van der Waals surface area contributed by atoms with Crippen molar-refractivity contribution in [2.24, 2.45) is 36.8 Å². The lowest BCUT2D eigenvalue weighted by atomic mass is 10.1. The second kappa shape index (κ2) is 41.6. The molecule has 0 saturated heterocycles. The van der Waals surface area contributed by atoms with Gasteiger partial charge in [0, 0.05) is 98.8 Å². The van der Waals surface area contributed by atoms with E-state index < -0.39 is 66.1 Å². The number of hydrogen-bond donors (Lipinski definition) is 7. The van der Waals surface area contributed by atoms with Crippen molar-refractivity contribution in [1.82, 2.24) is 96.1 Å². The van der Waals surface area contributed by atoms with Crippen molar-refractivity contribution in [3.8, 4) is 143 Å². The second-order valence-corrected chi connectivity index (χ2v) is 37.9. The van der Waals surface area contributed by atoms with Crippen LogP contribution in [-0.2, 0) is 66.6 Å². The molecule has 55 heteroatoms. The van der Waals surface area contributed by atoms with Crippen LogP contribution in [0.3, 0.4) is 0 Å². The lowest BCUT2D eigenvalue weighted by molar-refractivity contribution is 0.366. The molecule has 14 N–H and O–H groups in total. The van der Waals surface area contributed by atoms with E-state index in [0.29, 0.717) is 125 Å². The molecule has 46 nitrogen and oxygen atoms in total. The van der Waals surface area contributed by atoms with Gasteiger partial charge in [-0.05, 0) is 194 Å². The van der Waals surface area contributed by atoms with Gasteiger partial charge in [0.1, 0.15) is 21.9 Å². The summed E-state index contributed by atoms with van der Waals surface area (Å²) < 4.78 is 189. The van der Waals surface area contributed by atoms with Gasteiger partial charge in [0.2, 0.25) is 107 Å². The van der Waals surface area contributed by atoms with Gasteiger partial charge < -0.3 is 42.1 Å². The summed E-state index contributed by atoms with van der Waals surface area (Å²) in [6.45, 7) is 4.16. The maximum Gasteiger partial charge on any atom is 0.280 e. The third kappa shape index (κ3) is 26.3. The van der Waals surface area contributed by atoms with Crippen molar-refractivity contribution in [3.05, 3.63) is 259 Å². The summed E-state index contributed by atoms with van der Waals surface area (Å²) in [4.78, 5) is 40.5. The molecule has 0 aliphatic carbocycles. The van der Waals surface area contributed by atoms with Crippen LogP contribution < -0.4 is 41.3 Å². The molecule has 692 valence electrons. The minimum atomic E-state index is -3.76. The summed E-state index contributed by atoms with van der Waals surface area (Å²) in [5, 5.41) is 65.0. The first-order chi connectivity index (χ1) is 64.0. The summed E-state index contributed by atoms with van der Waals surface area (Å²) in [5.74, 6) is 4.62. The third-order valence-corrected chi connectivity index (χ3v) is 23.6. The zero-order valence-electron chi connectivity index (χ0n) is 69.1. The molecular formula is C80H65Cl2FN26O20S6. The van der Waals surface area contributed by atoms with Crippen molar-refractivity contribution in [3.63, 3.8) is 0 Å². The van der Waals surface area contributed by atoms with E-state index >= 15 is 0 Å². The Hall–Kier alpha value is -15.4. The van der Waals surface area contributed by atoms with Crippen molar-refractivity contribution in [2.45, 2.75) is 49.6 Å². The van der Waals surface area contributed by atoms with Gasteiger partial charge in [0.25, 0.3) is 35.3 Å². The molecule has 0 fully saturated rings. The first-order valence-corrected chi connectivity index (χ1v) is 47.8. The standard InChI is InChI=1S/C15H16N4O4S.C14H12N4O4S.C13H8Cl2N4O3S.C13H9FN4O3S.C13H11N5O3S.C12H9N5O3S/c1-9(2)7-11-8-13(18-22-11)15-17-14(19-23-15)10-3-5-12(6-4-10)24(16,20)21;1-21-12-8-10(6-7-16-12)14-17-13(18-22-14)9-2-4-11(5-3-9)23(15,19)20;14-10-5-8(6-11(15)17-10)13-18-12(19-22-13)7-1-3-9(4-2-7)23(16,20)21;2*14-11-7-9(5-6-16-11)13-17-12(18-21-13)8-1-3-10(4-2-8)22(15,19)20;13-21(18,19)10-3-1-8(2-4-10)11-16-12(20-17-11)9-5-6-14-15-7-9/h3-6,8-9H,7H2,1-2H3,(H2,16,20,21);2-8H,1H3,(H2,15,19,20);1-6H,(H2,16,20,21);1-7H,(H2,15,19,20);1-7H,(H2,14,16)(H2,15,19,20);1-7H,(H2,13,18,19). The summed E-state index contributed by atoms with van der Waals surface area (Å²) in [6.07, 6.45) is 8.17. The van der Waals surface area contributed by atoms with E-state index in [2.05, 4.69) is 110 Å². The molecule has 12 heterocycles. The zero-order chi connectivity index (χ0) is 96.7. The fraction of sp³-hybridized carbons (Fsp3) is 0.0625. The number of anilines is 1. The number of nitrogens with two attached hydrogens (primary N) is 7. The second-order valence-electron chi connectivity index (χ2n) is 27.8. The molecule has 0 aliphatic heterocycles. The molecule has 0 spiro atoms. The Bertz CT molecular complexity index is 7800. The number of ether oxygens (including phenoxy) is 1. The smallest absolute Gasteiger partial charge is 0.280 e. The Balaban J connectivity index is 0.000000137. The number of sulfonamides is 6. The highest BCUT2D eigenvalue weighted by Crippen LogP contribution is 2.33. The third-order valence-electron chi connectivity index (χ3n) is 17.6. The van der Waals surface area contributed by atoms with Gasteiger partial charge in [-0.15, -0.1) is 0 Å². The minimum Gasteiger partial charge on any atom is -0.481 e. The van der Waals surface area contributed by atoms with Gasteiger partial charge in [-0.3, -0.25) is 0 Å². The highest BCUT2D eigenvalue weighted by molar-refractivity contribution is 7.90. The van der Waals surface area contributed by atoms with E-state index in [1.165, 1.54) is 153 Å². The average Bonchev–Trinajstić information content (AvgIpc) is 1.69. The number of hydrogen-bond acceptors (Lipinski definition) is 40. The molecule has 18 rings (SSSR count). The monoisotopic (exact) mass is 1990 g/mol. The van der Waals surface area contributed by atoms with Crippen LogP contribution in [0, 0.1) is 11.9 Å². The highest BCUT2D eigenvalue weighted by Gasteiger charge is 2.23. The number of nitrogens with zero attached hydrogens (tertiary/aromatic N) is 19. The topological polar surface area (TPSA) is 733 Å². The van der Waals surface area contributed by atoms with E-state index in [0.717, 1.165) is 12.2 Å². The fourth-order valence-corrected chi connectivity index (χ4v) is 14.7. The molecule has 0 saturated carbocycles. The van der Waals surface area contributed by atoms with Crippen molar-refractivity contribution >= 4 is 89.2 Å². The molecule has 0 atom stereocenters. The summed E-state index contributed by atoms with van der Waals surface area (Å²) >= 11 is 11.7. The first-order valence-electron chi connectivity index (χ1n) is 37.8. The first kappa shape index (κ1) is 97.2. The largest absolute Gasteiger partial charge is 0.481 e. The normalized spacial score (nSPS) is 11.6. The molecule has 0 unspecified atom stereocenters. The van der Waals surface area contributed by atoms with E-state index in [4.69, 9.17) is 96.2 Å². The Labute approximate surface area is 772 Å². The van der Waals surface area contributed by atoms with Gasteiger partial charge in [-0.25, -0.2) is 101 Å². The van der Waals surface area contributed by atoms with E-state index in [1.54, 1.807) is 91.1 Å². The van der Waals surface area contributed by atoms with Crippen LogP contribution in [0.4, 0.5) is 10.2 Å². The number of pyridine rings is 4. The molecule has 0 bridgehead atoms. The van der Waals surface area contributed by atoms with Crippen molar-refractivity contribution in [2.75, 3.05) is 12.8 Å². The lowest BCUT2D eigenvalue weighted by Gasteiger charge is -1.99. The molecule has 0 radical (unpaired) electrons. The number of nitrogen functional groups attached to an aromatic ring is 1. The minimum absolute atomic E-state index is 0.00216. The van der Waals surface area contributed by atoms with Crippen molar-refractivity contribution in [1.29, 1.82) is 0 Å². The predicted molar refractivity (Wildman–Crippen MR) is 476 cm³/mol. The van der Waals surface area contributed by atoms with Gasteiger partial charge in [0.05, 0.1) is 54.4 Å². The number of benzene rings is 6. The Kier molecular flexibility index (Phi) is 29.9. The van der Waals surface area contributed by atoms with Crippen LogP contribution in [0.2, 0.25) is 10.3 Å². The fourth-order valence-electron chi connectivity index (χ4n) is 11.2. The zero-order valence-corrected chi connectivity index (χ0v) is 75.5. The molecule has 6 aromatic carbocycles. The van der Waals surface area contributed by atoms with Gasteiger partial charge in [-0.1, -0.05) is 73.1 Å².